The van der Waals surface area contributed by atoms with Gasteiger partial charge in [0.2, 0.25) is 0 Å². The summed E-state index contributed by atoms with van der Waals surface area (Å²) in [6.45, 7) is 8.65. The second-order valence-electron chi connectivity index (χ2n) is 6.45. The Morgan fingerprint density at radius 3 is 2.50 bits per heavy atom. The van der Waals surface area contributed by atoms with E-state index in [1.165, 1.54) is 6.42 Å². The first-order chi connectivity index (χ1) is 9.38. The van der Waals surface area contributed by atoms with Crippen molar-refractivity contribution in [3.05, 3.63) is 0 Å². The molecule has 1 rings (SSSR count). The molecular weight excluding hydrogens is 256 g/mol. The van der Waals surface area contributed by atoms with E-state index in [1.807, 2.05) is 6.92 Å². The third kappa shape index (κ3) is 4.74. The molecule has 1 fully saturated rings. The quantitative estimate of drug-likeness (QED) is 0.743. The van der Waals surface area contributed by atoms with Crippen LogP contribution in [0.2, 0.25) is 0 Å². The SMILES string of the molecule is CC[C@H](C)C[C@H](C)C1C[C@H](OC)C([C@@H](C)CC(=O)O)O1. The van der Waals surface area contributed by atoms with Crippen LogP contribution in [-0.2, 0) is 14.3 Å². The van der Waals surface area contributed by atoms with Gasteiger partial charge in [0.1, 0.15) is 0 Å². The average Bonchev–Trinajstić information content (AvgIpc) is 2.81. The number of ether oxygens (including phenoxy) is 2. The Morgan fingerprint density at radius 2 is 2.00 bits per heavy atom. The average molecular weight is 286 g/mol. The standard InChI is InChI=1S/C16H30O4/c1-6-10(2)7-11(3)13-9-14(19-5)16(20-13)12(4)8-15(17)18/h10-14,16H,6-9H2,1-5H3,(H,17,18)/t10-,11-,12-,13?,14-,16?/m0/s1. The third-order valence-corrected chi connectivity index (χ3v) is 4.63. The summed E-state index contributed by atoms with van der Waals surface area (Å²) in [6, 6.07) is 0. The molecule has 4 heteroatoms. The maximum absolute atomic E-state index is 10.9. The van der Waals surface area contributed by atoms with Gasteiger partial charge in [-0.2, -0.15) is 0 Å². The van der Waals surface area contributed by atoms with Gasteiger partial charge in [-0.15, -0.1) is 0 Å². The zero-order valence-electron chi connectivity index (χ0n) is 13.5. The molecule has 2 unspecified atom stereocenters. The molecule has 1 aliphatic rings. The fraction of sp³-hybridized carbons (Fsp3) is 0.938. The predicted octanol–water partition coefficient (Wildman–Crippen LogP) is 3.34. The van der Waals surface area contributed by atoms with Crippen LogP contribution >= 0.6 is 0 Å². The van der Waals surface area contributed by atoms with Crippen LogP contribution in [0.5, 0.6) is 0 Å². The maximum atomic E-state index is 10.9. The van der Waals surface area contributed by atoms with Crippen molar-refractivity contribution in [1.82, 2.24) is 0 Å². The Bertz CT molecular complexity index is 305. The monoisotopic (exact) mass is 286 g/mol. The van der Waals surface area contributed by atoms with Gasteiger partial charge >= 0.3 is 5.97 Å². The molecule has 0 aromatic rings. The van der Waals surface area contributed by atoms with Crippen LogP contribution in [0.1, 0.15) is 53.4 Å². The van der Waals surface area contributed by atoms with Crippen LogP contribution in [0, 0.1) is 17.8 Å². The summed E-state index contributed by atoms with van der Waals surface area (Å²) < 4.78 is 11.7. The van der Waals surface area contributed by atoms with E-state index in [4.69, 9.17) is 14.6 Å². The normalized spacial score (nSPS) is 30.9. The zero-order valence-corrected chi connectivity index (χ0v) is 13.5. The van der Waals surface area contributed by atoms with Crippen LogP contribution in [0.4, 0.5) is 0 Å². The van der Waals surface area contributed by atoms with Gasteiger partial charge < -0.3 is 14.6 Å². The predicted molar refractivity (Wildman–Crippen MR) is 78.7 cm³/mol. The lowest BCUT2D eigenvalue weighted by Gasteiger charge is -2.25. The molecule has 1 aliphatic heterocycles. The fourth-order valence-corrected chi connectivity index (χ4v) is 3.15. The number of carbonyl (C=O) groups is 1. The van der Waals surface area contributed by atoms with Gasteiger partial charge in [-0.1, -0.05) is 34.1 Å². The lowest BCUT2D eigenvalue weighted by molar-refractivity contribution is -0.140. The third-order valence-electron chi connectivity index (χ3n) is 4.63. The largest absolute Gasteiger partial charge is 0.481 e. The molecular formula is C16H30O4. The van der Waals surface area contributed by atoms with Gasteiger partial charge in [0.05, 0.1) is 24.7 Å². The number of aliphatic carboxylic acids is 1. The summed E-state index contributed by atoms with van der Waals surface area (Å²) >= 11 is 0. The molecule has 1 N–H and O–H groups in total. The van der Waals surface area contributed by atoms with E-state index in [-0.39, 0.29) is 30.7 Å². The zero-order chi connectivity index (χ0) is 15.3. The van der Waals surface area contributed by atoms with Crippen LogP contribution in [-0.4, -0.2) is 36.5 Å². The number of hydrogen-bond donors (Lipinski definition) is 1. The van der Waals surface area contributed by atoms with Crippen molar-refractivity contribution in [1.29, 1.82) is 0 Å². The van der Waals surface area contributed by atoms with E-state index in [0.717, 1.165) is 12.8 Å². The number of carboxylic acid groups (broad SMARTS) is 1. The number of methoxy groups -OCH3 is 1. The first kappa shape index (κ1) is 17.4. The Balaban J connectivity index is 2.60. The van der Waals surface area contributed by atoms with Gasteiger partial charge in [-0.05, 0) is 24.2 Å². The lowest BCUT2D eigenvalue weighted by atomic mass is 9.89. The molecule has 0 amide bonds. The Kier molecular flexibility index (Phi) is 6.96. The molecule has 0 saturated carbocycles. The molecule has 0 aromatic heterocycles. The highest BCUT2D eigenvalue weighted by Crippen LogP contribution is 2.35. The first-order valence-corrected chi connectivity index (χ1v) is 7.79. The molecule has 20 heavy (non-hydrogen) atoms. The highest BCUT2D eigenvalue weighted by molar-refractivity contribution is 5.67. The van der Waals surface area contributed by atoms with Crippen molar-refractivity contribution in [3.8, 4) is 0 Å². The van der Waals surface area contributed by atoms with E-state index in [9.17, 15) is 4.79 Å². The number of rotatable bonds is 8. The van der Waals surface area contributed by atoms with Gasteiger partial charge in [-0.3, -0.25) is 4.79 Å². The van der Waals surface area contributed by atoms with Gasteiger partial charge in [0.25, 0.3) is 0 Å². The highest BCUT2D eigenvalue weighted by atomic mass is 16.6. The van der Waals surface area contributed by atoms with Crippen molar-refractivity contribution in [3.63, 3.8) is 0 Å². The highest BCUT2D eigenvalue weighted by Gasteiger charge is 2.41. The van der Waals surface area contributed by atoms with Crippen molar-refractivity contribution in [2.24, 2.45) is 17.8 Å². The molecule has 0 radical (unpaired) electrons. The summed E-state index contributed by atoms with van der Waals surface area (Å²) in [7, 11) is 1.69. The second-order valence-corrected chi connectivity index (χ2v) is 6.45. The minimum absolute atomic E-state index is 0.0155. The molecule has 0 aromatic carbocycles. The van der Waals surface area contributed by atoms with E-state index in [2.05, 4.69) is 20.8 Å². The van der Waals surface area contributed by atoms with Gasteiger partial charge in [-0.25, -0.2) is 0 Å². The number of carboxylic acids is 1. The van der Waals surface area contributed by atoms with Gasteiger partial charge in [0, 0.05) is 13.5 Å². The molecule has 118 valence electrons. The van der Waals surface area contributed by atoms with E-state index < -0.39 is 5.97 Å². The Hall–Kier alpha value is -0.610. The molecule has 6 atom stereocenters. The molecule has 0 bridgehead atoms. The van der Waals surface area contributed by atoms with Crippen molar-refractivity contribution in [2.45, 2.75) is 71.7 Å². The van der Waals surface area contributed by atoms with Crippen LogP contribution < -0.4 is 0 Å². The van der Waals surface area contributed by atoms with Crippen molar-refractivity contribution in [2.75, 3.05) is 7.11 Å². The smallest absolute Gasteiger partial charge is 0.303 e. The van der Waals surface area contributed by atoms with Crippen LogP contribution in [0.25, 0.3) is 0 Å². The minimum atomic E-state index is -0.771. The first-order valence-electron chi connectivity index (χ1n) is 7.79. The summed E-state index contributed by atoms with van der Waals surface area (Å²) in [4.78, 5) is 10.9. The van der Waals surface area contributed by atoms with Crippen LogP contribution in [0.3, 0.4) is 0 Å². The summed E-state index contributed by atoms with van der Waals surface area (Å²) in [5.74, 6) is 0.403. The topological polar surface area (TPSA) is 55.8 Å². The summed E-state index contributed by atoms with van der Waals surface area (Å²) in [5, 5.41) is 8.93. The second kappa shape index (κ2) is 7.99. The van der Waals surface area contributed by atoms with Crippen molar-refractivity contribution >= 4 is 5.97 Å². The molecule has 0 aliphatic carbocycles. The molecule has 1 heterocycles. The Morgan fingerprint density at radius 1 is 1.35 bits per heavy atom. The van der Waals surface area contributed by atoms with Gasteiger partial charge in [0.15, 0.2) is 0 Å². The van der Waals surface area contributed by atoms with E-state index in [1.54, 1.807) is 7.11 Å². The lowest BCUT2D eigenvalue weighted by Crippen LogP contribution is -2.31. The molecule has 1 saturated heterocycles. The molecule has 4 nitrogen and oxygen atoms in total. The molecule has 0 spiro atoms. The van der Waals surface area contributed by atoms with Crippen molar-refractivity contribution < 1.29 is 19.4 Å². The maximum Gasteiger partial charge on any atom is 0.303 e. The fourth-order valence-electron chi connectivity index (χ4n) is 3.15. The Labute approximate surface area is 122 Å². The summed E-state index contributed by atoms with van der Waals surface area (Å²) in [5.41, 5.74) is 0. The van der Waals surface area contributed by atoms with E-state index in [0.29, 0.717) is 11.8 Å². The minimum Gasteiger partial charge on any atom is -0.481 e. The van der Waals surface area contributed by atoms with E-state index >= 15 is 0 Å². The number of hydrogen-bond acceptors (Lipinski definition) is 3. The summed E-state index contributed by atoms with van der Waals surface area (Å²) in [6.07, 6.45) is 3.46. The van der Waals surface area contributed by atoms with Crippen LogP contribution in [0.15, 0.2) is 0 Å².